The zero-order valence-electron chi connectivity index (χ0n) is 7.56. The smallest absolute Gasteiger partial charge is 0.275 e. The van der Waals surface area contributed by atoms with Crippen molar-refractivity contribution >= 4 is 10.1 Å². The van der Waals surface area contributed by atoms with Gasteiger partial charge in [-0.1, -0.05) is 29.9 Å². The summed E-state index contributed by atoms with van der Waals surface area (Å²) in [6.45, 7) is 3.63. The fourth-order valence-electron chi connectivity index (χ4n) is 1.23. The van der Waals surface area contributed by atoms with Gasteiger partial charge in [0.2, 0.25) is 0 Å². The molecule has 1 aliphatic rings. The van der Waals surface area contributed by atoms with Crippen LogP contribution in [0.15, 0.2) is 35.5 Å². The van der Waals surface area contributed by atoms with E-state index in [2.05, 4.69) is 0 Å². The van der Waals surface area contributed by atoms with Gasteiger partial charge in [0.25, 0.3) is 10.1 Å². The third kappa shape index (κ3) is 2.29. The van der Waals surface area contributed by atoms with Crippen molar-refractivity contribution in [3.8, 4) is 0 Å². The van der Waals surface area contributed by atoms with E-state index in [0.717, 1.165) is 5.57 Å². The highest BCUT2D eigenvalue weighted by Crippen LogP contribution is 2.21. The van der Waals surface area contributed by atoms with Crippen molar-refractivity contribution in [1.29, 1.82) is 0 Å². The van der Waals surface area contributed by atoms with Crippen LogP contribution in [0.25, 0.3) is 0 Å². The molecule has 0 spiro atoms. The van der Waals surface area contributed by atoms with Gasteiger partial charge in [-0.3, -0.25) is 4.55 Å². The molecule has 1 atom stereocenters. The highest BCUT2D eigenvalue weighted by Gasteiger charge is 2.24. The predicted octanol–water partition coefficient (Wildman–Crippen LogP) is 1.71. The van der Waals surface area contributed by atoms with Crippen LogP contribution in [0.2, 0.25) is 0 Å². The van der Waals surface area contributed by atoms with E-state index in [1.807, 2.05) is 13.8 Å². The Hall–Kier alpha value is -0.870. The second-order valence-corrected chi connectivity index (χ2v) is 4.67. The monoisotopic (exact) mass is 200 g/mol. The summed E-state index contributed by atoms with van der Waals surface area (Å²) in [7, 11) is -4.02. The normalized spacial score (nSPS) is 22.1. The van der Waals surface area contributed by atoms with Crippen molar-refractivity contribution in [1.82, 2.24) is 0 Å². The molecule has 1 N–H and O–H groups in total. The molecule has 0 bridgehead atoms. The maximum Gasteiger partial charge on any atom is 0.275 e. The van der Waals surface area contributed by atoms with E-state index >= 15 is 0 Å². The zero-order valence-corrected chi connectivity index (χ0v) is 8.38. The van der Waals surface area contributed by atoms with Crippen LogP contribution in [-0.4, -0.2) is 18.2 Å². The molecule has 0 aromatic heterocycles. The third-order valence-corrected chi connectivity index (χ3v) is 2.93. The van der Waals surface area contributed by atoms with Crippen LogP contribution in [0.3, 0.4) is 0 Å². The Labute approximate surface area is 78.2 Å². The van der Waals surface area contributed by atoms with E-state index < -0.39 is 15.4 Å². The summed E-state index contributed by atoms with van der Waals surface area (Å²) in [5.41, 5.74) is 1.54. The molecule has 3 nitrogen and oxygen atoms in total. The van der Waals surface area contributed by atoms with E-state index in [9.17, 15) is 8.42 Å². The quantitative estimate of drug-likeness (QED) is 0.655. The second-order valence-electron chi connectivity index (χ2n) is 3.13. The average molecular weight is 200 g/mol. The molecule has 4 heteroatoms. The third-order valence-electron chi connectivity index (χ3n) is 1.88. The number of hydrogen-bond acceptors (Lipinski definition) is 2. The molecule has 0 radical (unpaired) electrons. The van der Waals surface area contributed by atoms with Gasteiger partial charge in [0, 0.05) is 0 Å². The summed E-state index contributed by atoms with van der Waals surface area (Å²) in [6.07, 6.45) is 6.54. The van der Waals surface area contributed by atoms with Crippen molar-refractivity contribution in [2.75, 3.05) is 0 Å². The highest BCUT2D eigenvalue weighted by molar-refractivity contribution is 7.86. The van der Waals surface area contributed by atoms with E-state index in [1.54, 1.807) is 18.2 Å². The molecule has 0 aromatic carbocycles. The van der Waals surface area contributed by atoms with Crippen molar-refractivity contribution in [2.45, 2.75) is 19.1 Å². The lowest BCUT2D eigenvalue weighted by Crippen LogP contribution is -2.21. The van der Waals surface area contributed by atoms with Crippen molar-refractivity contribution in [3.05, 3.63) is 35.5 Å². The van der Waals surface area contributed by atoms with E-state index in [0.29, 0.717) is 5.57 Å². The van der Waals surface area contributed by atoms with Gasteiger partial charge in [0.15, 0.2) is 0 Å². The first-order valence-corrected chi connectivity index (χ1v) is 5.42. The first-order valence-electron chi connectivity index (χ1n) is 3.91. The maximum absolute atomic E-state index is 10.9. The Morgan fingerprint density at radius 2 is 2.00 bits per heavy atom. The zero-order chi connectivity index (χ0) is 10.1. The van der Waals surface area contributed by atoms with Gasteiger partial charge < -0.3 is 0 Å². The Bertz CT molecular complexity index is 381. The van der Waals surface area contributed by atoms with E-state index in [-0.39, 0.29) is 0 Å². The molecule has 0 aliphatic heterocycles. The molecule has 13 heavy (non-hydrogen) atoms. The van der Waals surface area contributed by atoms with E-state index in [4.69, 9.17) is 4.55 Å². The molecule has 0 saturated carbocycles. The van der Waals surface area contributed by atoms with Gasteiger partial charge in [0.1, 0.15) is 5.25 Å². The molecule has 72 valence electrons. The largest absolute Gasteiger partial charge is 0.285 e. The molecule has 0 heterocycles. The van der Waals surface area contributed by atoms with Crippen LogP contribution < -0.4 is 0 Å². The van der Waals surface area contributed by atoms with Crippen molar-refractivity contribution < 1.29 is 13.0 Å². The fraction of sp³-hybridized carbons (Fsp3) is 0.333. The lowest BCUT2D eigenvalue weighted by Gasteiger charge is -2.15. The first-order chi connectivity index (χ1) is 5.93. The average Bonchev–Trinajstić information content (AvgIpc) is 2.03. The highest BCUT2D eigenvalue weighted by atomic mass is 32.2. The summed E-state index contributed by atoms with van der Waals surface area (Å²) in [6, 6.07) is 0. The molecule has 0 fully saturated rings. The summed E-state index contributed by atoms with van der Waals surface area (Å²) in [5.74, 6) is 0. The molecule has 0 aromatic rings. The number of hydrogen-bond donors (Lipinski definition) is 1. The molecule has 1 unspecified atom stereocenters. The summed E-state index contributed by atoms with van der Waals surface area (Å²) in [5, 5.41) is -0.900. The second kappa shape index (κ2) is 3.47. The molecule has 1 aliphatic carbocycles. The molecule has 0 saturated heterocycles. The van der Waals surface area contributed by atoms with Crippen LogP contribution >= 0.6 is 0 Å². The van der Waals surface area contributed by atoms with E-state index in [1.165, 1.54) is 6.08 Å². The van der Waals surface area contributed by atoms with Crippen LogP contribution in [0.1, 0.15) is 13.8 Å². The van der Waals surface area contributed by atoms with Crippen LogP contribution in [0.4, 0.5) is 0 Å². The Kier molecular flexibility index (Phi) is 2.73. The minimum absolute atomic E-state index is 0.644. The van der Waals surface area contributed by atoms with Gasteiger partial charge in [-0.25, -0.2) is 0 Å². The SMILES string of the molecule is CC(C)=C1C=CC=CC1S(=O)(=O)O. The minimum atomic E-state index is -4.02. The topological polar surface area (TPSA) is 54.4 Å². The van der Waals surface area contributed by atoms with Crippen molar-refractivity contribution in [3.63, 3.8) is 0 Å². The summed E-state index contributed by atoms with van der Waals surface area (Å²) >= 11 is 0. The van der Waals surface area contributed by atoms with Gasteiger partial charge in [-0.2, -0.15) is 8.42 Å². The van der Waals surface area contributed by atoms with Crippen LogP contribution in [0.5, 0.6) is 0 Å². The van der Waals surface area contributed by atoms with Crippen LogP contribution in [0, 0.1) is 0 Å². The molecule has 0 amide bonds. The van der Waals surface area contributed by atoms with Gasteiger partial charge in [-0.15, -0.1) is 0 Å². The van der Waals surface area contributed by atoms with Crippen molar-refractivity contribution in [2.24, 2.45) is 0 Å². The maximum atomic E-state index is 10.9. The summed E-state index contributed by atoms with van der Waals surface area (Å²) < 4.78 is 30.8. The lowest BCUT2D eigenvalue weighted by molar-refractivity contribution is 0.479. The first kappa shape index (κ1) is 10.2. The Morgan fingerprint density at radius 3 is 2.38 bits per heavy atom. The van der Waals surface area contributed by atoms with Gasteiger partial charge >= 0.3 is 0 Å². The summed E-state index contributed by atoms with van der Waals surface area (Å²) in [4.78, 5) is 0. The standard InChI is InChI=1S/C9H12O3S/c1-7(2)8-5-3-4-6-9(8)13(10,11)12/h3-6,9H,1-2H3,(H,10,11,12). The molecular weight excluding hydrogens is 188 g/mol. The van der Waals surface area contributed by atoms with Gasteiger partial charge in [-0.05, 0) is 19.4 Å². The minimum Gasteiger partial charge on any atom is -0.285 e. The Morgan fingerprint density at radius 1 is 1.38 bits per heavy atom. The van der Waals surface area contributed by atoms with Crippen LogP contribution in [-0.2, 0) is 10.1 Å². The molecule has 1 rings (SSSR count). The number of rotatable bonds is 1. The predicted molar refractivity (Wildman–Crippen MR) is 52.0 cm³/mol. The van der Waals surface area contributed by atoms with Gasteiger partial charge in [0.05, 0.1) is 0 Å². The lowest BCUT2D eigenvalue weighted by atomic mass is 10.0. The Balaban J connectivity index is 3.20. The number of allylic oxidation sites excluding steroid dienone is 4. The molecular formula is C9H12O3S. The fourth-order valence-corrected chi connectivity index (χ4v) is 2.16.